The van der Waals surface area contributed by atoms with Crippen LogP contribution in [0.15, 0.2) is 36.4 Å². The summed E-state index contributed by atoms with van der Waals surface area (Å²) in [6, 6.07) is 11.0. The molecular weight excluding hydrogens is 252 g/mol. The third-order valence-electron chi connectivity index (χ3n) is 3.01. The minimum absolute atomic E-state index is 0.0859. The second-order valence-corrected chi connectivity index (χ2v) is 4.98. The van der Waals surface area contributed by atoms with Gasteiger partial charge in [0.25, 0.3) is 11.8 Å². The number of nitrogens with one attached hydrogen (secondary N) is 2. The van der Waals surface area contributed by atoms with Crippen molar-refractivity contribution in [3.8, 4) is 0 Å². The van der Waals surface area contributed by atoms with E-state index in [0.717, 1.165) is 10.8 Å². The molecule has 0 atom stereocenters. The number of hydrogen-bond donors (Lipinski definition) is 2. The zero-order chi connectivity index (χ0) is 14.7. The maximum Gasteiger partial charge on any atom is 0.251 e. The second-order valence-electron chi connectivity index (χ2n) is 4.98. The zero-order valence-corrected chi connectivity index (χ0v) is 11.9. The van der Waals surface area contributed by atoms with E-state index in [1.54, 1.807) is 19.2 Å². The van der Waals surface area contributed by atoms with Gasteiger partial charge in [0, 0.05) is 24.2 Å². The number of benzene rings is 2. The van der Waals surface area contributed by atoms with E-state index < -0.39 is 0 Å². The van der Waals surface area contributed by atoms with E-state index in [2.05, 4.69) is 10.6 Å². The standard InChI is InChI=1S/C16H18N2O2/c1-10(2)18-16(20)14-7-5-11-8-13(15(19)17-3)6-4-12(11)9-14/h4-10H,1-3H3,(H,17,19)(H,18,20). The molecule has 0 aliphatic carbocycles. The molecule has 0 saturated heterocycles. The molecule has 0 saturated carbocycles. The largest absolute Gasteiger partial charge is 0.355 e. The van der Waals surface area contributed by atoms with Crippen molar-refractivity contribution < 1.29 is 9.59 Å². The maximum absolute atomic E-state index is 11.9. The number of amides is 2. The molecule has 0 heterocycles. The number of rotatable bonds is 3. The normalized spacial score (nSPS) is 10.6. The quantitative estimate of drug-likeness (QED) is 0.899. The molecular formula is C16H18N2O2. The molecule has 20 heavy (non-hydrogen) atoms. The summed E-state index contributed by atoms with van der Waals surface area (Å²) < 4.78 is 0. The first-order valence-electron chi connectivity index (χ1n) is 6.58. The van der Waals surface area contributed by atoms with E-state index >= 15 is 0 Å². The lowest BCUT2D eigenvalue weighted by molar-refractivity contribution is 0.0940. The van der Waals surface area contributed by atoms with Crippen LogP contribution in [0.2, 0.25) is 0 Å². The lowest BCUT2D eigenvalue weighted by atomic mass is 10.0. The molecule has 2 rings (SSSR count). The highest BCUT2D eigenvalue weighted by Gasteiger charge is 2.09. The summed E-state index contributed by atoms with van der Waals surface area (Å²) in [5.41, 5.74) is 1.23. The van der Waals surface area contributed by atoms with Crippen molar-refractivity contribution in [3.05, 3.63) is 47.5 Å². The Morgan fingerprint density at radius 2 is 1.40 bits per heavy atom. The van der Waals surface area contributed by atoms with E-state index in [-0.39, 0.29) is 17.9 Å². The minimum Gasteiger partial charge on any atom is -0.355 e. The molecule has 2 N–H and O–H groups in total. The van der Waals surface area contributed by atoms with Crippen molar-refractivity contribution in [1.29, 1.82) is 0 Å². The van der Waals surface area contributed by atoms with Crippen molar-refractivity contribution in [2.75, 3.05) is 7.05 Å². The molecule has 0 radical (unpaired) electrons. The van der Waals surface area contributed by atoms with E-state index in [9.17, 15) is 9.59 Å². The molecule has 0 spiro atoms. The molecule has 0 fully saturated rings. The maximum atomic E-state index is 11.9. The molecule has 0 bridgehead atoms. The van der Waals surface area contributed by atoms with E-state index in [4.69, 9.17) is 0 Å². The Labute approximate surface area is 118 Å². The van der Waals surface area contributed by atoms with Gasteiger partial charge in [-0.1, -0.05) is 12.1 Å². The lowest BCUT2D eigenvalue weighted by Crippen LogP contribution is -2.29. The van der Waals surface area contributed by atoms with Gasteiger partial charge in [0.2, 0.25) is 0 Å². The summed E-state index contributed by atoms with van der Waals surface area (Å²) in [4.78, 5) is 23.5. The van der Waals surface area contributed by atoms with Gasteiger partial charge in [-0.3, -0.25) is 9.59 Å². The molecule has 2 aromatic carbocycles. The van der Waals surface area contributed by atoms with Crippen LogP contribution < -0.4 is 10.6 Å². The van der Waals surface area contributed by atoms with Gasteiger partial charge in [-0.25, -0.2) is 0 Å². The third kappa shape index (κ3) is 2.96. The molecule has 2 amide bonds. The van der Waals surface area contributed by atoms with E-state index in [1.807, 2.05) is 38.1 Å². The SMILES string of the molecule is CNC(=O)c1ccc2cc(C(=O)NC(C)C)ccc2c1. The average Bonchev–Trinajstić information content (AvgIpc) is 2.44. The Morgan fingerprint density at radius 1 is 0.900 bits per heavy atom. The van der Waals surface area contributed by atoms with Gasteiger partial charge in [-0.15, -0.1) is 0 Å². The topological polar surface area (TPSA) is 58.2 Å². The van der Waals surface area contributed by atoms with Gasteiger partial charge < -0.3 is 10.6 Å². The van der Waals surface area contributed by atoms with Crippen molar-refractivity contribution in [2.45, 2.75) is 19.9 Å². The predicted octanol–water partition coefficient (Wildman–Crippen LogP) is 2.34. The van der Waals surface area contributed by atoms with E-state index in [1.165, 1.54) is 0 Å². The van der Waals surface area contributed by atoms with Crippen LogP contribution in [0.25, 0.3) is 10.8 Å². The Morgan fingerprint density at radius 3 is 1.85 bits per heavy atom. The summed E-state index contributed by atoms with van der Waals surface area (Å²) in [6.07, 6.45) is 0. The molecule has 0 aromatic heterocycles. The summed E-state index contributed by atoms with van der Waals surface area (Å²) >= 11 is 0. The minimum atomic E-state index is -0.117. The fraction of sp³-hybridized carbons (Fsp3) is 0.250. The molecule has 2 aromatic rings. The molecule has 4 nitrogen and oxygen atoms in total. The van der Waals surface area contributed by atoms with Crippen LogP contribution in [0.4, 0.5) is 0 Å². The van der Waals surface area contributed by atoms with Gasteiger partial charge in [-0.2, -0.15) is 0 Å². The summed E-state index contributed by atoms with van der Waals surface area (Å²) in [5, 5.41) is 7.33. The van der Waals surface area contributed by atoms with Gasteiger partial charge in [0.15, 0.2) is 0 Å². The van der Waals surface area contributed by atoms with Crippen LogP contribution in [0, 0.1) is 0 Å². The molecule has 0 aliphatic heterocycles. The van der Waals surface area contributed by atoms with Crippen LogP contribution in [-0.4, -0.2) is 24.9 Å². The highest BCUT2D eigenvalue weighted by molar-refractivity contribution is 6.01. The van der Waals surface area contributed by atoms with Crippen LogP contribution in [0.5, 0.6) is 0 Å². The summed E-state index contributed by atoms with van der Waals surface area (Å²) in [5.74, 6) is -0.203. The second kappa shape index (κ2) is 5.74. The third-order valence-corrected chi connectivity index (χ3v) is 3.01. The van der Waals surface area contributed by atoms with Crippen molar-refractivity contribution >= 4 is 22.6 Å². The van der Waals surface area contributed by atoms with Crippen LogP contribution in [0.3, 0.4) is 0 Å². The number of hydrogen-bond acceptors (Lipinski definition) is 2. The lowest BCUT2D eigenvalue weighted by Gasteiger charge is -2.09. The monoisotopic (exact) mass is 270 g/mol. The van der Waals surface area contributed by atoms with Crippen molar-refractivity contribution in [2.24, 2.45) is 0 Å². The van der Waals surface area contributed by atoms with Crippen LogP contribution in [0.1, 0.15) is 34.6 Å². The first-order chi connectivity index (χ1) is 9.51. The van der Waals surface area contributed by atoms with Gasteiger partial charge >= 0.3 is 0 Å². The van der Waals surface area contributed by atoms with Crippen molar-refractivity contribution in [3.63, 3.8) is 0 Å². The Balaban J connectivity index is 2.36. The Kier molecular flexibility index (Phi) is 4.03. The van der Waals surface area contributed by atoms with Gasteiger partial charge in [-0.05, 0) is 48.9 Å². The smallest absolute Gasteiger partial charge is 0.251 e. The van der Waals surface area contributed by atoms with Gasteiger partial charge in [0.1, 0.15) is 0 Å². The highest BCUT2D eigenvalue weighted by Crippen LogP contribution is 2.18. The van der Waals surface area contributed by atoms with Gasteiger partial charge in [0.05, 0.1) is 0 Å². The van der Waals surface area contributed by atoms with Crippen molar-refractivity contribution in [1.82, 2.24) is 10.6 Å². The molecule has 0 unspecified atom stereocenters. The summed E-state index contributed by atoms with van der Waals surface area (Å²) in [6.45, 7) is 3.85. The first kappa shape index (κ1) is 14.1. The predicted molar refractivity (Wildman–Crippen MR) is 79.9 cm³/mol. The molecule has 0 aliphatic rings. The summed E-state index contributed by atoms with van der Waals surface area (Å²) in [7, 11) is 1.60. The molecule has 4 heteroatoms. The Hall–Kier alpha value is -2.36. The van der Waals surface area contributed by atoms with Crippen LogP contribution in [-0.2, 0) is 0 Å². The fourth-order valence-electron chi connectivity index (χ4n) is 2.02. The number of carbonyl (C=O) groups excluding carboxylic acids is 2. The number of fused-ring (bicyclic) bond motifs is 1. The average molecular weight is 270 g/mol. The van der Waals surface area contributed by atoms with E-state index in [0.29, 0.717) is 11.1 Å². The van der Waals surface area contributed by atoms with Crippen LogP contribution >= 0.6 is 0 Å². The number of carbonyl (C=O) groups is 2. The highest BCUT2D eigenvalue weighted by atomic mass is 16.2. The first-order valence-corrected chi connectivity index (χ1v) is 6.58. The molecule has 104 valence electrons. The fourth-order valence-corrected chi connectivity index (χ4v) is 2.02. The Bertz CT molecular complexity index is 663. The zero-order valence-electron chi connectivity index (χ0n) is 11.9.